The predicted molar refractivity (Wildman–Crippen MR) is 83.6 cm³/mol. The minimum absolute atomic E-state index is 0.302. The molecule has 1 aromatic carbocycles. The molecule has 108 valence electrons. The maximum Gasteiger partial charge on any atom is 0.211 e. The summed E-state index contributed by atoms with van der Waals surface area (Å²) in [5.41, 5.74) is 2.40. The predicted octanol–water partition coefficient (Wildman–Crippen LogP) is 3.60. The molecule has 0 saturated carbocycles. The molecule has 2 N–H and O–H groups in total. The molecule has 1 amide bonds. The fraction of sp³-hybridized carbons (Fsp3) is 0.562. The second-order valence-electron chi connectivity index (χ2n) is 5.49. The van der Waals surface area contributed by atoms with Gasteiger partial charge in [-0.2, -0.15) is 0 Å². The molecule has 19 heavy (non-hydrogen) atoms. The van der Waals surface area contributed by atoms with Crippen molar-refractivity contribution < 1.29 is 4.79 Å². The van der Waals surface area contributed by atoms with Gasteiger partial charge in [0.15, 0.2) is 0 Å². The van der Waals surface area contributed by atoms with Crippen molar-refractivity contribution in [3.05, 3.63) is 29.8 Å². The molecule has 0 aromatic heterocycles. The van der Waals surface area contributed by atoms with E-state index in [1.54, 1.807) is 0 Å². The van der Waals surface area contributed by atoms with Crippen molar-refractivity contribution in [3.63, 3.8) is 0 Å². The summed E-state index contributed by atoms with van der Waals surface area (Å²) < 4.78 is 0. The van der Waals surface area contributed by atoms with Gasteiger partial charge in [-0.05, 0) is 57.9 Å². The zero-order chi connectivity index (χ0) is 14.7. The molecule has 0 saturated heterocycles. The Morgan fingerprint density at radius 3 is 2.32 bits per heavy atom. The number of benzene rings is 1. The summed E-state index contributed by atoms with van der Waals surface area (Å²) in [7, 11) is 0. The molecule has 0 radical (unpaired) electrons. The van der Waals surface area contributed by atoms with Gasteiger partial charge in [0.2, 0.25) is 6.41 Å². The summed E-state index contributed by atoms with van der Waals surface area (Å²) in [5, 5.41) is 5.97. The largest absolute Gasteiger partial charge is 0.329 e. The van der Waals surface area contributed by atoms with Gasteiger partial charge in [0.05, 0.1) is 0 Å². The number of carbonyl (C=O) groups is 1. The number of anilines is 1. The van der Waals surface area contributed by atoms with Gasteiger partial charge in [0, 0.05) is 11.2 Å². The summed E-state index contributed by atoms with van der Waals surface area (Å²) in [6, 6.07) is 7.81. The van der Waals surface area contributed by atoms with Crippen molar-refractivity contribution in [1.82, 2.24) is 5.32 Å². The summed E-state index contributed by atoms with van der Waals surface area (Å²) in [4.78, 5) is 10.1. The van der Waals surface area contributed by atoms with Crippen LogP contribution in [0.4, 0.5) is 5.69 Å². The van der Waals surface area contributed by atoms with Crippen LogP contribution in [0.2, 0.25) is 0 Å². The first-order chi connectivity index (χ1) is 8.92. The lowest BCUT2D eigenvalue weighted by Gasteiger charge is -2.19. The molecule has 0 aliphatic rings. The SMILES string of the molecule is CCCNC(C)(C)C.CCc1cccc(NC=O)c1. The summed E-state index contributed by atoms with van der Waals surface area (Å²) >= 11 is 0. The Morgan fingerprint density at radius 2 is 1.89 bits per heavy atom. The lowest BCUT2D eigenvalue weighted by molar-refractivity contribution is -0.105. The molecule has 3 nitrogen and oxygen atoms in total. The number of rotatable bonds is 5. The minimum atomic E-state index is 0.302. The summed E-state index contributed by atoms with van der Waals surface area (Å²) in [6.07, 6.45) is 2.90. The second-order valence-corrected chi connectivity index (χ2v) is 5.49. The van der Waals surface area contributed by atoms with Gasteiger partial charge >= 0.3 is 0 Å². The molecule has 0 fully saturated rings. The Kier molecular flexibility index (Phi) is 8.88. The Balaban J connectivity index is 0.000000362. The van der Waals surface area contributed by atoms with Crippen molar-refractivity contribution in [1.29, 1.82) is 0 Å². The van der Waals surface area contributed by atoms with Gasteiger partial charge in [0.25, 0.3) is 0 Å². The highest BCUT2D eigenvalue weighted by Gasteiger charge is 2.05. The zero-order valence-corrected chi connectivity index (χ0v) is 12.9. The number of aryl methyl sites for hydroxylation is 1. The number of amides is 1. The minimum Gasteiger partial charge on any atom is -0.329 e. The van der Waals surface area contributed by atoms with Crippen LogP contribution >= 0.6 is 0 Å². The molecule has 0 unspecified atom stereocenters. The van der Waals surface area contributed by atoms with Crippen LogP contribution in [0.1, 0.15) is 46.6 Å². The van der Waals surface area contributed by atoms with Gasteiger partial charge in [-0.15, -0.1) is 0 Å². The molecular weight excluding hydrogens is 236 g/mol. The number of carbonyl (C=O) groups excluding carboxylic acids is 1. The molecule has 0 bridgehead atoms. The third kappa shape index (κ3) is 10.3. The molecule has 1 aromatic rings. The highest BCUT2D eigenvalue weighted by atomic mass is 16.1. The third-order valence-electron chi connectivity index (χ3n) is 2.47. The van der Waals surface area contributed by atoms with Gasteiger partial charge in [-0.25, -0.2) is 0 Å². The molecule has 0 aliphatic carbocycles. The van der Waals surface area contributed by atoms with E-state index in [1.807, 2.05) is 24.3 Å². The van der Waals surface area contributed by atoms with E-state index in [-0.39, 0.29) is 0 Å². The average molecular weight is 264 g/mol. The van der Waals surface area contributed by atoms with E-state index in [4.69, 9.17) is 0 Å². The number of hydrogen-bond donors (Lipinski definition) is 2. The van der Waals surface area contributed by atoms with Crippen LogP contribution in [0.25, 0.3) is 0 Å². The molecule has 0 spiro atoms. The first kappa shape index (κ1) is 17.6. The highest BCUT2D eigenvalue weighted by molar-refractivity contribution is 5.71. The molecule has 3 heteroatoms. The molecule has 0 atom stereocenters. The van der Waals surface area contributed by atoms with Crippen molar-refractivity contribution in [2.75, 3.05) is 11.9 Å². The number of hydrogen-bond acceptors (Lipinski definition) is 2. The highest BCUT2D eigenvalue weighted by Crippen LogP contribution is 2.09. The fourth-order valence-corrected chi connectivity index (χ4v) is 1.45. The quantitative estimate of drug-likeness (QED) is 0.798. The van der Waals surface area contributed by atoms with Gasteiger partial charge in [-0.3, -0.25) is 4.79 Å². The Morgan fingerprint density at radius 1 is 1.21 bits per heavy atom. The van der Waals surface area contributed by atoms with E-state index >= 15 is 0 Å². The molecule has 0 heterocycles. The first-order valence-electron chi connectivity index (χ1n) is 6.97. The van der Waals surface area contributed by atoms with E-state index in [9.17, 15) is 4.79 Å². The topological polar surface area (TPSA) is 41.1 Å². The van der Waals surface area contributed by atoms with Gasteiger partial charge in [-0.1, -0.05) is 26.0 Å². The summed E-state index contributed by atoms with van der Waals surface area (Å²) in [5.74, 6) is 0. The maximum atomic E-state index is 10.1. The van der Waals surface area contributed by atoms with Gasteiger partial charge in [0.1, 0.15) is 0 Å². The lowest BCUT2D eigenvalue weighted by atomic mass is 10.1. The summed E-state index contributed by atoms with van der Waals surface area (Å²) in [6.45, 7) is 11.9. The molecule has 1 rings (SSSR count). The Hall–Kier alpha value is -1.35. The Bertz CT molecular complexity index is 356. The van der Waals surface area contributed by atoms with Crippen LogP contribution in [-0.4, -0.2) is 18.5 Å². The lowest BCUT2D eigenvalue weighted by Crippen LogP contribution is -2.36. The van der Waals surface area contributed by atoms with E-state index in [1.165, 1.54) is 12.0 Å². The van der Waals surface area contributed by atoms with E-state index < -0.39 is 0 Å². The first-order valence-corrected chi connectivity index (χ1v) is 6.97. The normalized spacial score (nSPS) is 10.4. The van der Waals surface area contributed by atoms with E-state index in [0.717, 1.165) is 18.7 Å². The van der Waals surface area contributed by atoms with Crippen LogP contribution in [0.5, 0.6) is 0 Å². The van der Waals surface area contributed by atoms with Gasteiger partial charge < -0.3 is 10.6 Å². The van der Waals surface area contributed by atoms with Crippen LogP contribution in [-0.2, 0) is 11.2 Å². The van der Waals surface area contributed by atoms with E-state index in [2.05, 4.69) is 45.3 Å². The van der Waals surface area contributed by atoms with Crippen molar-refractivity contribution in [2.45, 2.75) is 53.0 Å². The van der Waals surface area contributed by atoms with Crippen LogP contribution < -0.4 is 10.6 Å². The maximum absolute atomic E-state index is 10.1. The molecule has 0 aliphatic heterocycles. The fourth-order valence-electron chi connectivity index (χ4n) is 1.45. The van der Waals surface area contributed by atoms with E-state index in [0.29, 0.717) is 11.9 Å². The Labute approximate surface area is 117 Å². The monoisotopic (exact) mass is 264 g/mol. The standard InChI is InChI=1S/C9H11NO.C7H17N/c1-2-8-4-3-5-9(6-8)10-7-11;1-5-6-8-7(2,3)4/h3-7H,2H2,1H3,(H,10,11);8H,5-6H2,1-4H3. The zero-order valence-electron chi connectivity index (χ0n) is 12.9. The van der Waals surface area contributed by atoms with Crippen molar-refractivity contribution in [3.8, 4) is 0 Å². The molecular formula is C16H28N2O. The average Bonchev–Trinajstić information content (AvgIpc) is 2.37. The van der Waals surface area contributed by atoms with Crippen LogP contribution in [0.15, 0.2) is 24.3 Å². The van der Waals surface area contributed by atoms with Crippen molar-refractivity contribution >= 4 is 12.1 Å². The smallest absolute Gasteiger partial charge is 0.211 e. The second kappa shape index (κ2) is 9.56. The van der Waals surface area contributed by atoms with Crippen LogP contribution in [0, 0.1) is 0 Å². The van der Waals surface area contributed by atoms with Crippen LogP contribution in [0.3, 0.4) is 0 Å². The van der Waals surface area contributed by atoms with Crippen molar-refractivity contribution in [2.24, 2.45) is 0 Å². The third-order valence-corrected chi connectivity index (χ3v) is 2.47. The number of nitrogens with one attached hydrogen (secondary N) is 2.